The van der Waals surface area contributed by atoms with Gasteiger partial charge >= 0.3 is 6.92 Å². The Kier molecular flexibility index (Phi) is 5.95. The maximum atomic E-state index is 4.95. The molecule has 0 heterocycles. The minimum absolute atomic E-state index is 0.501. The maximum absolute atomic E-state index is 4.95. The second-order valence-corrected chi connectivity index (χ2v) is 4.29. The van der Waals surface area contributed by atoms with Crippen LogP contribution in [0.4, 0.5) is 0 Å². The Hall–Kier alpha value is 0.480. The van der Waals surface area contributed by atoms with Crippen molar-refractivity contribution >= 4 is 18.7 Å². The zero-order valence-electron chi connectivity index (χ0n) is 5.39. The normalized spacial score (nSPS) is 11.5. The Bertz CT molecular complexity index is 74.8. The SMILES string of the molecule is CCCC[P+](=S)OC. The average Bonchev–Trinajstić information content (AvgIpc) is 1.83. The molecule has 0 aromatic rings. The molecule has 0 aliphatic heterocycles. The smallest absolute Gasteiger partial charge is 0.172 e. The molecule has 0 fully saturated rings. The molecule has 0 aliphatic rings. The topological polar surface area (TPSA) is 9.23 Å². The van der Waals surface area contributed by atoms with Gasteiger partial charge in [0.25, 0.3) is 0 Å². The highest BCUT2D eigenvalue weighted by atomic mass is 32.4. The molecule has 0 amide bonds. The summed E-state index contributed by atoms with van der Waals surface area (Å²) < 4.78 is 4.93. The van der Waals surface area contributed by atoms with E-state index in [0.29, 0.717) is 0 Å². The molecule has 0 saturated carbocycles. The molecule has 1 unspecified atom stereocenters. The Morgan fingerprint density at radius 3 is 2.62 bits per heavy atom. The summed E-state index contributed by atoms with van der Waals surface area (Å²) in [5.74, 6) is 0. The highest BCUT2D eigenvalue weighted by Crippen LogP contribution is 2.21. The fourth-order valence-corrected chi connectivity index (χ4v) is 1.52. The van der Waals surface area contributed by atoms with Gasteiger partial charge in [-0.1, -0.05) is 13.3 Å². The molecular formula is C5H12OPS+. The van der Waals surface area contributed by atoms with Crippen LogP contribution < -0.4 is 0 Å². The first-order valence-corrected chi connectivity index (χ1v) is 5.25. The Labute approximate surface area is 56.9 Å². The Balaban J connectivity index is 2.99. The molecule has 48 valence electrons. The molecule has 8 heavy (non-hydrogen) atoms. The van der Waals surface area contributed by atoms with Gasteiger partial charge in [-0.2, -0.15) is 4.52 Å². The molecule has 0 saturated heterocycles. The third kappa shape index (κ3) is 4.63. The van der Waals surface area contributed by atoms with E-state index in [1.54, 1.807) is 7.11 Å². The van der Waals surface area contributed by atoms with Crippen LogP contribution in [0.5, 0.6) is 0 Å². The Morgan fingerprint density at radius 2 is 2.25 bits per heavy atom. The molecule has 0 rings (SSSR count). The van der Waals surface area contributed by atoms with E-state index in [9.17, 15) is 0 Å². The van der Waals surface area contributed by atoms with Gasteiger partial charge < -0.3 is 0 Å². The van der Waals surface area contributed by atoms with E-state index in [4.69, 9.17) is 16.3 Å². The number of hydrogen-bond acceptors (Lipinski definition) is 2. The van der Waals surface area contributed by atoms with Gasteiger partial charge in [0, 0.05) is 0 Å². The zero-order valence-corrected chi connectivity index (χ0v) is 7.10. The summed E-state index contributed by atoms with van der Waals surface area (Å²) in [7, 11) is 1.69. The third-order valence-corrected chi connectivity index (χ3v) is 2.98. The minimum atomic E-state index is -0.501. The molecule has 0 spiro atoms. The fraction of sp³-hybridized carbons (Fsp3) is 1.00. The van der Waals surface area contributed by atoms with Crippen LogP contribution >= 0.6 is 6.92 Å². The van der Waals surface area contributed by atoms with Gasteiger partial charge in [-0.15, -0.1) is 0 Å². The lowest BCUT2D eigenvalue weighted by molar-refractivity contribution is 0.472. The summed E-state index contributed by atoms with van der Waals surface area (Å²) in [5, 5.41) is 0. The van der Waals surface area contributed by atoms with Crippen LogP contribution in [-0.4, -0.2) is 13.3 Å². The van der Waals surface area contributed by atoms with Crippen LogP contribution in [0.25, 0.3) is 0 Å². The number of unbranched alkanes of at least 4 members (excludes halogenated alkanes) is 1. The molecule has 3 heteroatoms. The van der Waals surface area contributed by atoms with Gasteiger partial charge in [-0.3, -0.25) is 0 Å². The number of rotatable bonds is 4. The third-order valence-electron chi connectivity index (χ3n) is 0.898. The lowest BCUT2D eigenvalue weighted by Crippen LogP contribution is -1.76. The van der Waals surface area contributed by atoms with Crippen LogP contribution in [0.15, 0.2) is 0 Å². The zero-order chi connectivity index (χ0) is 6.41. The highest BCUT2D eigenvalue weighted by molar-refractivity contribution is 8.02. The second kappa shape index (κ2) is 5.61. The summed E-state index contributed by atoms with van der Waals surface area (Å²) in [6.07, 6.45) is 3.51. The van der Waals surface area contributed by atoms with Gasteiger partial charge in [-0.05, 0) is 6.42 Å². The summed E-state index contributed by atoms with van der Waals surface area (Å²) >= 11 is 4.95. The first kappa shape index (κ1) is 8.48. The van der Waals surface area contributed by atoms with Crippen molar-refractivity contribution in [1.82, 2.24) is 0 Å². The molecule has 0 aliphatic carbocycles. The van der Waals surface area contributed by atoms with E-state index in [1.165, 1.54) is 12.8 Å². The minimum Gasteiger partial charge on any atom is -0.172 e. The van der Waals surface area contributed by atoms with Crippen LogP contribution in [0, 0.1) is 0 Å². The lowest BCUT2D eigenvalue weighted by atomic mass is 10.4. The van der Waals surface area contributed by atoms with Gasteiger partial charge in [0.05, 0.1) is 7.11 Å². The molecule has 1 atom stereocenters. The van der Waals surface area contributed by atoms with Gasteiger partial charge in [0.2, 0.25) is 0 Å². The van der Waals surface area contributed by atoms with Crippen molar-refractivity contribution in [2.45, 2.75) is 19.8 Å². The summed E-state index contributed by atoms with van der Waals surface area (Å²) in [4.78, 5) is 0. The number of hydrogen-bond donors (Lipinski definition) is 0. The van der Waals surface area contributed by atoms with E-state index in [-0.39, 0.29) is 0 Å². The predicted molar refractivity (Wildman–Crippen MR) is 41.1 cm³/mol. The van der Waals surface area contributed by atoms with Crippen LogP contribution in [0.1, 0.15) is 19.8 Å². The molecule has 0 bridgehead atoms. The van der Waals surface area contributed by atoms with Crippen molar-refractivity contribution in [2.24, 2.45) is 0 Å². The van der Waals surface area contributed by atoms with E-state index < -0.39 is 6.92 Å². The highest BCUT2D eigenvalue weighted by Gasteiger charge is 2.04. The molecular weight excluding hydrogens is 139 g/mol. The average molecular weight is 151 g/mol. The van der Waals surface area contributed by atoms with E-state index >= 15 is 0 Å². The van der Waals surface area contributed by atoms with Crippen LogP contribution in [0.3, 0.4) is 0 Å². The maximum Gasteiger partial charge on any atom is 0.336 e. The summed E-state index contributed by atoms with van der Waals surface area (Å²) in [5.41, 5.74) is 0. The summed E-state index contributed by atoms with van der Waals surface area (Å²) in [6, 6.07) is 0. The van der Waals surface area contributed by atoms with Crippen molar-refractivity contribution in [3.8, 4) is 0 Å². The Morgan fingerprint density at radius 1 is 1.62 bits per heavy atom. The molecule has 0 aromatic heterocycles. The van der Waals surface area contributed by atoms with Crippen LogP contribution in [-0.2, 0) is 16.3 Å². The van der Waals surface area contributed by atoms with Gasteiger partial charge in [-0.25, -0.2) is 0 Å². The van der Waals surface area contributed by atoms with Crippen molar-refractivity contribution in [3.05, 3.63) is 0 Å². The molecule has 0 radical (unpaired) electrons. The largest absolute Gasteiger partial charge is 0.336 e. The lowest BCUT2D eigenvalue weighted by Gasteiger charge is -1.83. The second-order valence-electron chi connectivity index (χ2n) is 1.59. The van der Waals surface area contributed by atoms with Crippen molar-refractivity contribution in [1.29, 1.82) is 0 Å². The van der Waals surface area contributed by atoms with Crippen molar-refractivity contribution in [2.75, 3.05) is 13.3 Å². The monoisotopic (exact) mass is 151 g/mol. The first-order chi connectivity index (χ1) is 3.81. The van der Waals surface area contributed by atoms with E-state index in [0.717, 1.165) is 6.16 Å². The molecule has 0 aromatic carbocycles. The van der Waals surface area contributed by atoms with Crippen molar-refractivity contribution < 1.29 is 4.52 Å². The van der Waals surface area contributed by atoms with Gasteiger partial charge in [0.1, 0.15) is 6.16 Å². The fourth-order valence-electron chi connectivity index (χ4n) is 0.379. The van der Waals surface area contributed by atoms with E-state index in [2.05, 4.69) is 6.92 Å². The van der Waals surface area contributed by atoms with E-state index in [1.807, 2.05) is 0 Å². The molecule has 0 N–H and O–H groups in total. The van der Waals surface area contributed by atoms with Crippen LogP contribution in [0.2, 0.25) is 0 Å². The van der Waals surface area contributed by atoms with Crippen molar-refractivity contribution in [3.63, 3.8) is 0 Å². The standard InChI is InChI=1S/C5H12OPS/c1-3-4-5-7(8)6-2/h3-5H2,1-2H3/q+1. The molecule has 1 nitrogen and oxygen atoms in total. The first-order valence-electron chi connectivity index (χ1n) is 2.80. The quantitative estimate of drug-likeness (QED) is 0.570. The predicted octanol–water partition coefficient (Wildman–Crippen LogP) is 2.29. The van der Waals surface area contributed by atoms with Gasteiger partial charge in [0.15, 0.2) is 11.8 Å². The summed E-state index contributed by atoms with van der Waals surface area (Å²) in [6.45, 7) is 1.66.